The average Bonchev–Trinajstić information content (AvgIpc) is 2.41. The Kier molecular flexibility index (Phi) is 3.89. The molecule has 2 saturated heterocycles. The Morgan fingerprint density at radius 1 is 1.25 bits per heavy atom. The van der Waals surface area contributed by atoms with Gasteiger partial charge in [0, 0.05) is 50.9 Å². The van der Waals surface area contributed by atoms with Crippen LogP contribution in [0.3, 0.4) is 0 Å². The van der Waals surface area contributed by atoms with Gasteiger partial charge < -0.3 is 15.3 Å². The van der Waals surface area contributed by atoms with E-state index >= 15 is 0 Å². The molecule has 0 aliphatic carbocycles. The summed E-state index contributed by atoms with van der Waals surface area (Å²) in [7, 11) is 0. The largest absolute Gasteiger partial charge is 0.508 e. The second-order valence-electron chi connectivity index (χ2n) is 5.54. The van der Waals surface area contributed by atoms with E-state index in [1.54, 1.807) is 18.2 Å². The molecule has 108 valence electrons. The van der Waals surface area contributed by atoms with Crippen molar-refractivity contribution >= 4 is 5.91 Å². The summed E-state index contributed by atoms with van der Waals surface area (Å²) >= 11 is 0. The summed E-state index contributed by atoms with van der Waals surface area (Å²) in [5.74, 6) is 0.318. The summed E-state index contributed by atoms with van der Waals surface area (Å²) < 4.78 is 0. The molecule has 2 fully saturated rings. The minimum Gasteiger partial charge on any atom is -0.508 e. The van der Waals surface area contributed by atoms with E-state index in [2.05, 4.69) is 10.2 Å². The van der Waals surface area contributed by atoms with Crippen molar-refractivity contribution in [3.63, 3.8) is 0 Å². The van der Waals surface area contributed by atoms with Gasteiger partial charge in [-0.15, -0.1) is 0 Å². The summed E-state index contributed by atoms with van der Waals surface area (Å²) in [6.07, 6.45) is 0.293. The molecule has 0 atom stereocenters. The highest BCUT2D eigenvalue weighted by atomic mass is 16.3. The summed E-state index contributed by atoms with van der Waals surface area (Å²) in [6.45, 7) is 5.89. The van der Waals surface area contributed by atoms with Crippen LogP contribution < -0.4 is 5.32 Å². The molecule has 2 aliphatic heterocycles. The first-order valence-corrected chi connectivity index (χ1v) is 7.23. The number of amides is 1. The molecule has 5 heteroatoms. The van der Waals surface area contributed by atoms with Crippen LogP contribution >= 0.6 is 0 Å². The number of carbonyl (C=O) groups is 1. The summed E-state index contributed by atoms with van der Waals surface area (Å²) in [5, 5.41) is 13.0. The van der Waals surface area contributed by atoms with Gasteiger partial charge in [-0.25, -0.2) is 0 Å². The van der Waals surface area contributed by atoms with E-state index in [1.165, 1.54) is 0 Å². The van der Waals surface area contributed by atoms with Gasteiger partial charge in [0.15, 0.2) is 0 Å². The third kappa shape index (κ3) is 2.78. The molecule has 3 rings (SSSR count). The van der Waals surface area contributed by atoms with Crippen LogP contribution in [0, 0.1) is 0 Å². The number of benzene rings is 1. The van der Waals surface area contributed by atoms with E-state index < -0.39 is 0 Å². The molecule has 2 N–H and O–H groups in total. The highest BCUT2D eigenvalue weighted by molar-refractivity contribution is 5.80. The van der Waals surface area contributed by atoms with Crippen molar-refractivity contribution in [1.29, 1.82) is 0 Å². The van der Waals surface area contributed by atoms with Crippen LogP contribution in [0.4, 0.5) is 0 Å². The van der Waals surface area contributed by atoms with E-state index in [4.69, 9.17) is 0 Å². The van der Waals surface area contributed by atoms with E-state index in [0.717, 1.165) is 39.3 Å². The van der Waals surface area contributed by atoms with Crippen LogP contribution in [0.25, 0.3) is 0 Å². The number of aromatic hydroxyl groups is 1. The number of likely N-dealkylation sites (tertiary alicyclic amines) is 1. The second-order valence-corrected chi connectivity index (χ2v) is 5.54. The van der Waals surface area contributed by atoms with Gasteiger partial charge in [-0.3, -0.25) is 9.69 Å². The lowest BCUT2D eigenvalue weighted by Crippen LogP contribution is -2.64. The first-order valence-electron chi connectivity index (χ1n) is 7.23. The maximum atomic E-state index is 12.2. The Balaban J connectivity index is 1.49. The molecule has 0 spiro atoms. The summed E-state index contributed by atoms with van der Waals surface area (Å²) in [5.41, 5.74) is 0.711. The fourth-order valence-electron chi connectivity index (χ4n) is 2.87. The number of piperazine rings is 1. The molecular weight excluding hydrogens is 254 g/mol. The topological polar surface area (TPSA) is 55.8 Å². The smallest absolute Gasteiger partial charge is 0.227 e. The minimum absolute atomic E-state index is 0.109. The van der Waals surface area contributed by atoms with Gasteiger partial charge in [-0.1, -0.05) is 18.2 Å². The number of carbonyl (C=O) groups excluding carboxylic acids is 1. The van der Waals surface area contributed by atoms with Crippen molar-refractivity contribution in [3.8, 4) is 5.75 Å². The lowest BCUT2D eigenvalue weighted by molar-refractivity contribution is -0.138. The number of nitrogens with zero attached hydrogens (tertiary/aromatic N) is 2. The molecule has 2 heterocycles. The first kappa shape index (κ1) is 13.4. The monoisotopic (exact) mass is 275 g/mol. The van der Waals surface area contributed by atoms with Crippen molar-refractivity contribution in [2.45, 2.75) is 12.5 Å². The number of hydrogen-bond donors (Lipinski definition) is 2. The average molecular weight is 275 g/mol. The quantitative estimate of drug-likeness (QED) is 0.818. The van der Waals surface area contributed by atoms with Crippen LogP contribution in [-0.2, 0) is 11.2 Å². The van der Waals surface area contributed by atoms with Gasteiger partial charge in [0.1, 0.15) is 5.75 Å². The molecular formula is C15H21N3O2. The normalized spacial score (nSPS) is 20.7. The first-order chi connectivity index (χ1) is 9.74. The zero-order chi connectivity index (χ0) is 13.9. The van der Waals surface area contributed by atoms with Gasteiger partial charge in [0.25, 0.3) is 0 Å². The molecule has 0 aromatic heterocycles. The molecule has 0 radical (unpaired) electrons. The zero-order valence-corrected chi connectivity index (χ0v) is 11.6. The van der Waals surface area contributed by atoms with E-state index in [0.29, 0.717) is 18.0 Å². The minimum atomic E-state index is 0.109. The number of hydrogen-bond acceptors (Lipinski definition) is 4. The molecule has 20 heavy (non-hydrogen) atoms. The molecule has 5 nitrogen and oxygen atoms in total. The van der Waals surface area contributed by atoms with Gasteiger partial charge in [-0.2, -0.15) is 0 Å². The van der Waals surface area contributed by atoms with Crippen LogP contribution in [0.5, 0.6) is 5.75 Å². The molecule has 0 unspecified atom stereocenters. The number of phenolic OH excluding ortho intramolecular Hbond substituents is 1. The maximum Gasteiger partial charge on any atom is 0.227 e. The highest BCUT2D eigenvalue weighted by Crippen LogP contribution is 2.20. The van der Waals surface area contributed by atoms with E-state index in [-0.39, 0.29) is 11.7 Å². The number of para-hydroxylation sites is 1. The third-order valence-electron chi connectivity index (χ3n) is 4.22. The van der Waals surface area contributed by atoms with Crippen LogP contribution in [0.2, 0.25) is 0 Å². The Hall–Kier alpha value is -1.59. The molecule has 1 aromatic rings. The zero-order valence-electron chi connectivity index (χ0n) is 11.6. The van der Waals surface area contributed by atoms with Gasteiger partial charge in [-0.05, 0) is 6.07 Å². The standard InChI is InChI=1S/C15H21N3O2/c19-14-4-2-1-3-12(14)9-15(20)18-10-13(11-18)17-7-5-16-6-8-17/h1-4,13,16,19H,5-11H2. The number of nitrogens with one attached hydrogen (secondary N) is 1. The Morgan fingerprint density at radius 3 is 2.65 bits per heavy atom. The molecule has 2 aliphatic rings. The van der Waals surface area contributed by atoms with Crippen LogP contribution in [0.1, 0.15) is 5.56 Å². The summed E-state index contributed by atoms with van der Waals surface area (Å²) in [4.78, 5) is 16.5. The SMILES string of the molecule is O=C(Cc1ccccc1O)N1CC(N2CCNCC2)C1. The molecule has 1 amide bonds. The Bertz CT molecular complexity index is 480. The van der Waals surface area contributed by atoms with Crippen molar-refractivity contribution < 1.29 is 9.90 Å². The number of rotatable bonds is 3. The highest BCUT2D eigenvalue weighted by Gasteiger charge is 2.34. The number of phenols is 1. The van der Waals surface area contributed by atoms with Crippen molar-refractivity contribution in [3.05, 3.63) is 29.8 Å². The lowest BCUT2D eigenvalue weighted by atomic mass is 10.0. The maximum absolute atomic E-state index is 12.2. The van der Waals surface area contributed by atoms with Gasteiger partial charge in [0.2, 0.25) is 5.91 Å². The predicted molar refractivity (Wildman–Crippen MR) is 76.6 cm³/mol. The lowest BCUT2D eigenvalue weighted by Gasteiger charge is -2.46. The van der Waals surface area contributed by atoms with E-state index in [9.17, 15) is 9.90 Å². The van der Waals surface area contributed by atoms with Crippen molar-refractivity contribution in [2.24, 2.45) is 0 Å². The van der Waals surface area contributed by atoms with Gasteiger partial charge >= 0.3 is 0 Å². The molecule has 1 aromatic carbocycles. The van der Waals surface area contributed by atoms with Crippen molar-refractivity contribution in [2.75, 3.05) is 39.3 Å². The van der Waals surface area contributed by atoms with E-state index in [1.807, 2.05) is 11.0 Å². The second kappa shape index (κ2) is 5.81. The molecule has 0 saturated carbocycles. The Labute approximate surface area is 119 Å². The van der Waals surface area contributed by atoms with Gasteiger partial charge in [0.05, 0.1) is 6.42 Å². The Morgan fingerprint density at radius 2 is 1.95 bits per heavy atom. The van der Waals surface area contributed by atoms with Crippen LogP contribution in [0.15, 0.2) is 24.3 Å². The fraction of sp³-hybridized carbons (Fsp3) is 0.533. The summed E-state index contributed by atoms with van der Waals surface area (Å²) in [6, 6.07) is 7.57. The van der Waals surface area contributed by atoms with Crippen molar-refractivity contribution in [1.82, 2.24) is 15.1 Å². The third-order valence-corrected chi connectivity index (χ3v) is 4.22. The van der Waals surface area contributed by atoms with Crippen LogP contribution in [-0.4, -0.2) is 66.1 Å². The molecule has 0 bridgehead atoms. The predicted octanol–water partition coefficient (Wildman–Crippen LogP) is 0.0507. The fourth-order valence-corrected chi connectivity index (χ4v) is 2.87.